The molecule has 5 heteroatoms. The molecule has 0 radical (unpaired) electrons. The normalized spacial score (nSPS) is 16.5. The summed E-state index contributed by atoms with van der Waals surface area (Å²) in [5.41, 5.74) is 2.29. The lowest BCUT2D eigenvalue weighted by Crippen LogP contribution is -2.17. The number of benzene rings is 1. The Labute approximate surface area is 148 Å². The Morgan fingerprint density at radius 2 is 1.88 bits per heavy atom. The van der Waals surface area contributed by atoms with Gasteiger partial charge in [0.25, 0.3) is 0 Å². The molecule has 0 spiro atoms. The summed E-state index contributed by atoms with van der Waals surface area (Å²) >= 11 is 0. The van der Waals surface area contributed by atoms with Gasteiger partial charge in [-0.05, 0) is 24.1 Å². The van der Waals surface area contributed by atoms with Gasteiger partial charge in [-0.25, -0.2) is 4.79 Å². The Morgan fingerprint density at radius 3 is 2.48 bits per heavy atom. The van der Waals surface area contributed by atoms with Gasteiger partial charge in [0.15, 0.2) is 11.5 Å². The summed E-state index contributed by atoms with van der Waals surface area (Å²) in [5.74, 6) is 0.958. The van der Waals surface area contributed by atoms with Crippen molar-refractivity contribution < 1.29 is 24.1 Å². The minimum Gasteiger partial charge on any atom is -0.493 e. The van der Waals surface area contributed by atoms with E-state index >= 15 is 0 Å². The van der Waals surface area contributed by atoms with E-state index in [4.69, 9.17) is 19.3 Å². The van der Waals surface area contributed by atoms with E-state index in [-0.39, 0.29) is 5.41 Å². The minimum absolute atomic E-state index is 0.177. The van der Waals surface area contributed by atoms with E-state index in [1.165, 1.54) is 6.08 Å². The Bertz CT molecular complexity index is 754. The molecule has 134 valence electrons. The number of ether oxygens (including phenoxy) is 3. The lowest BCUT2D eigenvalue weighted by Gasteiger charge is -2.18. The zero-order valence-electron chi connectivity index (χ0n) is 15.3. The van der Waals surface area contributed by atoms with Crippen molar-refractivity contribution in [3.8, 4) is 17.2 Å². The van der Waals surface area contributed by atoms with Gasteiger partial charge in [0, 0.05) is 23.1 Å². The van der Waals surface area contributed by atoms with E-state index < -0.39 is 5.97 Å². The largest absolute Gasteiger partial charge is 0.493 e. The summed E-state index contributed by atoms with van der Waals surface area (Å²) in [6.45, 7) is 6.44. The van der Waals surface area contributed by atoms with Crippen molar-refractivity contribution in [2.75, 3.05) is 20.8 Å². The molecule has 1 aliphatic heterocycles. The van der Waals surface area contributed by atoms with Gasteiger partial charge in [0.1, 0.15) is 5.75 Å². The SMILES string of the molecule is COc1cc2c(cc1OC)C(C=CC(C)=CC(=O)O)=CC(C)(C)CO2. The molecular formula is C20H24O5. The molecule has 1 N–H and O–H groups in total. The highest BCUT2D eigenvalue weighted by atomic mass is 16.5. The third-order valence-corrected chi connectivity index (χ3v) is 3.82. The molecule has 25 heavy (non-hydrogen) atoms. The summed E-state index contributed by atoms with van der Waals surface area (Å²) in [7, 11) is 3.17. The molecule has 0 saturated heterocycles. The molecule has 1 aliphatic rings. The van der Waals surface area contributed by atoms with Gasteiger partial charge in [-0.3, -0.25) is 0 Å². The standard InChI is InChI=1S/C20H24O5/c1-13(8-19(21)22)6-7-14-11-20(2,3)12-25-16-10-18(24-5)17(23-4)9-15(14)16/h6-11H,12H2,1-5H3,(H,21,22). The van der Waals surface area contributed by atoms with Crippen molar-refractivity contribution in [2.24, 2.45) is 5.41 Å². The second-order valence-electron chi connectivity index (χ2n) is 6.64. The van der Waals surface area contributed by atoms with E-state index in [0.29, 0.717) is 29.4 Å². The smallest absolute Gasteiger partial charge is 0.328 e. The molecule has 0 unspecified atom stereocenters. The third-order valence-electron chi connectivity index (χ3n) is 3.82. The molecule has 5 nitrogen and oxygen atoms in total. The molecule has 1 aromatic carbocycles. The van der Waals surface area contributed by atoms with Gasteiger partial charge < -0.3 is 19.3 Å². The first kappa shape index (κ1) is 18.6. The van der Waals surface area contributed by atoms with Crippen LogP contribution in [0.3, 0.4) is 0 Å². The van der Waals surface area contributed by atoms with Gasteiger partial charge >= 0.3 is 5.97 Å². The fraction of sp³-hybridized carbons (Fsp3) is 0.350. The van der Waals surface area contributed by atoms with Crippen LogP contribution >= 0.6 is 0 Å². The Balaban J connectivity index is 2.55. The molecule has 0 bridgehead atoms. The van der Waals surface area contributed by atoms with Crippen LogP contribution in [0.25, 0.3) is 5.57 Å². The molecule has 0 saturated carbocycles. The summed E-state index contributed by atoms with van der Waals surface area (Å²) in [5, 5.41) is 8.86. The molecule has 1 aromatic rings. The number of methoxy groups -OCH3 is 2. The average Bonchev–Trinajstić information content (AvgIpc) is 2.67. The number of aliphatic carboxylic acids is 1. The van der Waals surface area contributed by atoms with E-state index in [9.17, 15) is 4.79 Å². The number of fused-ring (bicyclic) bond motifs is 1. The predicted molar refractivity (Wildman–Crippen MR) is 97.3 cm³/mol. The van der Waals surface area contributed by atoms with E-state index in [0.717, 1.165) is 11.1 Å². The molecule has 0 amide bonds. The van der Waals surface area contributed by atoms with Gasteiger partial charge in [-0.1, -0.05) is 32.1 Å². The van der Waals surface area contributed by atoms with Crippen molar-refractivity contribution in [1.82, 2.24) is 0 Å². The van der Waals surface area contributed by atoms with Gasteiger partial charge in [-0.2, -0.15) is 0 Å². The Kier molecular flexibility index (Phi) is 5.57. The number of hydrogen-bond acceptors (Lipinski definition) is 4. The summed E-state index contributed by atoms with van der Waals surface area (Å²) in [6.07, 6.45) is 6.97. The first-order valence-electron chi connectivity index (χ1n) is 7.97. The van der Waals surface area contributed by atoms with Crippen LogP contribution in [0.5, 0.6) is 17.2 Å². The molecule has 0 aromatic heterocycles. The van der Waals surface area contributed by atoms with Crippen LogP contribution in [0, 0.1) is 5.41 Å². The number of carboxylic acid groups (broad SMARTS) is 1. The molecule has 0 atom stereocenters. The maximum Gasteiger partial charge on any atom is 0.328 e. The van der Waals surface area contributed by atoms with Crippen molar-refractivity contribution in [3.63, 3.8) is 0 Å². The maximum absolute atomic E-state index is 10.8. The topological polar surface area (TPSA) is 65.0 Å². The second-order valence-corrected chi connectivity index (χ2v) is 6.64. The van der Waals surface area contributed by atoms with Crippen LogP contribution < -0.4 is 14.2 Å². The third kappa shape index (κ3) is 4.66. The summed E-state index contributed by atoms with van der Waals surface area (Å²) in [4.78, 5) is 10.8. The predicted octanol–water partition coefficient (Wildman–Crippen LogP) is 4.09. The highest BCUT2D eigenvalue weighted by Crippen LogP contribution is 2.42. The zero-order chi connectivity index (χ0) is 18.6. The molecule has 1 heterocycles. The van der Waals surface area contributed by atoms with Crippen LogP contribution in [0.15, 0.2) is 42.0 Å². The molecule has 2 rings (SSSR count). The van der Waals surface area contributed by atoms with Crippen molar-refractivity contribution in [2.45, 2.75) is 20.8 Å². The molecular weight excluding hydrogens is 320 g/mol. The monoisotopic (exact) mass is 344 g/mol. The van der Waals surface area contributed by atoms with Gasteiger partial charge in [-0.15, -0.1) is 0 Å². The van der Waals surface area contributed by atoms with E-state index in [1.807, 2.05) is 18.2 Å². The van der Waals surface area contributed by atoms with Crippen LogP contribution in [0.1, 0.15) is 26.3 Å². The maximum atomic E-state index is 10.8. The quantitative estimate of drug-likeness (QED) is 0.644. The average molecular weight is 344 g/mol. The number of carboxylic acids is 1. The van der Waals surface area contributed by atoms with Crippen molar-refractivity contribution >= 4 is 11.5 Å². The van der Waals surface area contributed by atoms with E-state index in [1.54, 1.807) is 27.2 Å². The summed E-state index contributed by atoms with van der Waals surface area (Å²) in [6, 6.07) is 3.69. The first-order valence-corrected chi connectivity index (χ1v) is 7.97. The number of carbonyl (C=O) groups is 1. The second kappa shape index (κ2) is 7.47. The highest BCUT2D eigenvalue weighted by Gasteiger charge is 2.24. The zero-order valence-corrected chi connectivity index (χ0v) is 15.3. The summed E-state index contributed by atoms with van der Waals surface area (Å²) < 4.78 is 16.7. The van der Waals surface area contributed by atoms with Crippen molar-refractivity contribution in [3.05, 3.63) is 47.6 Å². The van der Waals surface area contributed by atoms with E-state index in [2.05, 4.69) is 19.9 Å². The first-order chi connectivity index (χ1) is 11.8. The minimum atomic E-state index is -0.965. The van der Waals surface area contributed by atoms with Crippen LogP contribution in [-0.4, -0.2) is 31.9 Å². The highest BCUT2D eigenvalue weighted by molar-refractivity contribution is 5.83. The van der Waals surface area contributed by atoms with Gasteiger partial charge in [0.2, 0.25) is 0 Å². The number of hydrogen-bond donors (Lipinski definition) is 1. The van der Waals surface area contributed by atoms with Crippen LogP contribution in [0.2, 0.25) is 0 Å². The fourth-order valence-electron chi connectivity index (χ4n) is 2.61. The van der Waals surface area contributed by atoms with Crippen LogP contribution in [-0.2, 0) is 4.79 Å². The van der Waals surface area contributed by atoms with Gasteiger partial charge in [0.05, 0.1) is 20.8 Å². The lowest BCUT2D eigenvalue weighted by atomic mass is 9.90. The molecule has 0 aliphatic carbocycles. The fourth-order valence-corrected chi connectivity index (χ4v) is 2.61. The lowest BCUT2D eigenvalue weighted by molar-refractivity contribution is -0.131. The Hall–Kier alpha value is -2.69. The number of allylic oxidation sites excluding steroid dienone is 4. The number of rotatable bonds is 5. The molecule has 0 fully saturated rings. The van der Waals surface area contributed by atoms with Crippen LogP contribution in [0.4, 0.5) is 0 Å². The Morgan fingerprint density at radius 1 is 1.24 bits per heavy atom. The van der Waals surface area contributed by atoms with Crippen molar-refractivity contribution in [1.29, 1.82) is 0 Å².